The van der Waals surface area contributed by atoms with Crippen molar-refractivity contribution in [1.29, 1.82) is 0 Å². The summed E-state index contributed by atoms with van der Waals surface area (Å²) in [6, 6.07) is 5.63. The molecule has 1 aliphatic heterocycles. The zero-order valence-electron chi connectivity index (χ0n) is 11.4. The lowest BCUT2D eigenvalue weighted by atomic mass is 10.0. The Bertz CT molecular complexity index is 503. The van der Waals surface area contributed by atoms with Crippen molar-refractivity contribution in [3.05, 3.63) is 23.8 Å². The molecule has 0 fully saturated rings. The molecule has 0 spiro atoms. The molecule has 6 heteroatoms. The second-order valence-electron chi connectivity index (χ2n) is 4.98. The molecule has 4 N–H and O–H groups in total. The van der Waals surface area contributed by atoms with E-state index in [0.29, 0.717) is 24.9 Å². The quantitative estimate of drug-likeness (QED) is 0.795. The summed E-state index contributed by atoms with van der Waals surface area (Å²) < 4.78 is 0. The van der Waals surface area contributed by atoms with Crippen LogP contribution < -0.4 is 16.4 Å². The number of halogens is 1. The van der Waals surface area contributed by atoms with Crippen LogP contribution in [0.4, 0.5) is 11.4 Å². The monoisotopic (exact) mass is 297 g/mol. The number of hydrogen-bond donors (Lipinski definition) is 3. The van der Waals surface area contributed by atoms with E-state index in [1.165, 1.54) is 0 Å². The summed E-state index contributed by atoms with van der Waals surface area (Å²) in [6.45, 7) is 1.88. The first-order chi connectivity index (χ1) is 9.04. The van der Waals surface area contributed by atoms with Gasteiger partial charge in [-0.15, -0.1) is 12.4 Å². The lowest BCUT2D eigenvalue weighted by Gasteiger charge is -2.17. The molecule has 1 atom stereocenters. The summed E-state index contributed by atoms with van der Waals surface area (Å²) in [5, 5.41) is 5.63. The van der Waals surface area contributed by atoms with Crippen LogP contribution >= 0.6 is 12.4 Å². The van der Waals surface area contributed by atoms with Gasteiger partial charge in [-0.2, -0.15) is 0 Å². The molecule has 110 valence electrons. The number of carbonyl (C=O) groups is 2. The van der Waals surface area contributed by atoms with E-state index in [1.54, 1.807) is 6.07 Å². The van der Waals surface area contributed by atoms with Gasteiger partial charge in [0.2, 0.25) is 11.8 Å². The van der Waals surface area contributed by atoms with Gasteiger partial charge in [-0.3, -0.25) is 9.59 Å². The van der Waals surface area contributed by atoms with Crippen LogP contribution in [-0.4, -0.2) is 17.9 Å². The molecule has 1 aromatic carbocycles. The van der Waals surface area contributed by atoms with E-state index in [4.69, 9.17) is 5.73 Å². The fourth-order valence-corrected chi connectivity index (χ4v) is 2.03. The number of amides is 2. The van der Waals surface area contributed by atoms with E-state index in [1.807, 2.05) is 19.1 Å². The Hall–Kier alpha value is -1.59. The molecular weight excluding hydrogens is 278 g/mol. The molecule has 0 saturated carbocycles. The first-order valence-electron chi connectivity index (χ1n) is 6.53. The third kappa shape index (κ3) is 4.51. The van der Waals surface area contributed by atoms with Crippen LogP contribution in [-0.2, 0) is 16.0 Å². The topological polar surface area (TPSA) is 84.2 Å². The van der Waals surface area contributed by atoms with Gasteiger partial charge >= 0.3 is 0 Å². The van der Waals surface area contributed by atoms with Crippen molar-refractivity contribution in [3.63, 3.8) is 0 Å². The summed E-state index contributed by atoms with van der Waals surface area (Å²) in [4.78, 5) is 23.0. The van der Waals surface area contributed by atoms with Gasteiger partial charge in [-0.05, 0) is 37.5 Å². The molecule has 1 unspecified atom stereocenters. The summed E-state index contributed by atoms with van der Waals surface area (Å²) in [6.07, 6.45) is 2.34. The van der Waals surface area contributed by atoms with Crippen molar-refractivity contribution in [2.75, 3.05) is 10.6 Å². The first kappa shape index (κ1) is 16.5. The van der Waals surface area contributed by atoms with Gasteiger partial charge in [0.1, 0.15) is 0 Å². The number of aryl methyl sites for hydroxylation is 1. The van der Waals surface area contributed by atoms with Gasteiger partial charge in [-0.25, -0.2) is 0 Å². The smallest absolute Gasteiger partial charge is 0.224 e. The maximum absolute atomic E-state index is 11.7. The Morgan fingerprint density at radius 1 is 1.45 bits per heavy atom. The van der Waals surface area contributed by atoms with Crippen molar-refractivity contribution in [2.45, 2.75) is 38.6 Å². The Labute approximate surface area is 124 Å². The van der Waals surface area contributed by atoms with Gasteiger partial charge < -0.3 is 16.4 Å². The second-order valence-corrected chi connectivity index (χ2v) is 4.98. The molecule has 0 radical (unpaired) electrons. The van der Waals surface area contributed by atoms with Crippen LogP contribution in [0.2, 0.25) is 0 Å². The predicted molar refractivity (Wildman–Crippen MR) is 82.2 cm³/mol. The Kier molecular flexibility index (Phi) is 5.98. The standard InChI is InChI=1S/C14H19N3O2.ClH/c1-9(15)2-6-13(18)16-11-5-3-10-4-7-14(19)17-12(10)8-11;/h3,5,8-9H,2,4,6-7,15H2,1H3,(H,16,18)(H,17,19);1H. The zero-order chi connectivity index (χ0) is 13.8. The molecule has 1 aliphatic rings. The Morgan fingerprint density at radius 2 is 2.20 bits per heavy atom. The molecule has 2 rings (SSSR count). The molecule has 0 aromatic heterocycles. The van der Waals surface area contributed by atoms with E-state index < -0.39 is 0 Å². The van der Waals surface area contributed by atoms with Gasteiger partial charge in [0.15, 0.2) is 0 Å². The van der Waals surface area contributed by atoms with Crippen LogP contribution in [0.1, 0.15) is 31.7 Å². The van der Waals surface area contributed by atoms with E-state index in [-0.39, 0.29) is 30.3 Å². The van der Waals surface area contributed by atoms with Gasteiger partial charge in [0.25, 0.3) is 0 Å². The average Bonchev–Trinajstić information content (AvgIpc) is 2.36. The molecule has 0 aliphatic carbocycles. The summed E-state index contributed by atoms with van der Waals surface area (Å²) in [5.41, 5.74) is 8.21. The minimum Gasteiger partial charge on any atom is -0.328 e. The van der Waals surface area contributed by atoms with Gasteiger partial charge in [0, 0.05) is 30.3 Å². The Morgan fingerprint density at radius 3 is 2.90 bits per heavy atom. The largest absolute Gasteiger partial charge is 0.328 e. The number of fused-ring (bicyclic) bond motifs is 1. The highest BCUT2D eigenvalue weighted by Gasteiger charge is 2.15. The maximum atomic E-state index is 11.7. The fourth-order valence-electron chi connectivity index (χ4n) is 2.03. The predicted octanol–water partition coefficient (Wildman–Crippen LogP) is 2.06. The third-order valence-corrected chi connectivity index (χ3v) is 3.12. The minimum absolute atomic E-state index is 0. The molecule has 0 bridgehead atoms. The van der Waals surface area contributed by atoms with E-state index >= 15 is 0 Å². The average molecular weight is 298 g/mol. The van der Waals surface area contributed by atoms with Crippen molar-refractivity contribution >= 4 is 35.6 Å². The lowest BCUT2D eigenvalue weighted by molar-refractivity contribution is -0.117. The number of anilines is 2. The number of nitrogens with one attached hydrogen (secondary N) is 2. The summed E-state index contributed by atoms with van der Waals surface area (Å²) in [7, 11) is 0. The number of benzene rings is 1. The number of hydrogen-bond acceptors (Lipinski definition) is 3. The number of carbonyl (C=O) groups excluding carboxylic acids is 2. The first-order valence-corrected chi connectivity index (χ1v) is 6.53. The van der Waals surface area contributed by atoms with Crippen LogP contribution in [0.3, 0.4) is 0 Å². The number of nitrogens with two attached hydrogens (primary N) is 1. The van der Waals surface area contributed by atoms with Crippen LogP contribution in [0, 0.1) is 0 Å². The summed E-state index contributed by atoms with van der Waals surface area (Å²) >= 11 is 0. The minimum atomic E-state index is -0.0561. The SMILES string of the molecule is CC(N)CCC(=O)Nc1ccc2c(c1)NC(=O)CC2.Cl. The fraction of sp³-hybridized carbons (Fsp3) is 0.429. The van der Waals surface area contributed by atoms with Gasteiger partial charge in [-0.1, -0.05) is 6.07 Å². The molecule has 1 aromatic rings. The molecule has 5 nitrogen and oxygen atoms in total. The molecule has 20 heavy (non-hydrogen) atoms. The van der Waals surface area contributed by atoms with Crippen LogP contribution in [0.5, 0.6) is 0 Å². The van der Waals surface area contributed by atoms with Crippen molar-refractivity contribution in [1.82, 2.24) is 0 Å². The normalized spacial score (nSPS) is 14.6. The highest BCUT2D eigenvalue weighted by atomic mass is 35.5. The second kappa shape index (κ2) is 7.26. The van der Waals surface area contributed by atoms with Crippen LogP contribution in [0.15, 0.2) is 18.2 Å². The van der Waals surface area contributed by atoms with Crippen molar-refractivity contribution < 1.29 is 9.59 Å². The maximum Gasteiger partial charge on any atom is 0.224 e. The van der Waals surface area contributed by atoms with E-state index in [9.17, 15) is 9.59 Å². The highest BCUT2D eigenvalue weighted by Crippen LogP contribution is 2.25. The Balaban J connectivity index is 0.00000200. The van der Waals surface area contributed by atoms with Crippen molar-refractivity contribution in [2.24, 2.45) is 5.73 Å². The van der Waals surface area contributed by atoms with Gasteiger partial charge in [0.05, 0.1) is 0 Å². The molecule has 0 saturated heterocycles. The lowest BCUT2D eigenvalue weighted by Crippen LogP contribution is -2.21. The summed E-state index contributed by atoms with van der Waals surface area (Å²) in [5.74, 6) is -0.0349. The highest BCUT2D eigenvalue weighted by molar-refractivity contribution is 5.96. The molecule has 2 amide bonds. The third-order valence-electron chi connectivity index (χ3n) is 3.12. The van der Waals surface area contributed by atoms with E-state index in [0.717, 1.165) is 17.7 Å². The van der Waals surface area contributed by atoms with Crippen LogP contribution in [0.25, 0.3) is 0 Å². The van der Waals surface area contributed by atoms with Crippen molar-refractivity contribution in [3.8, 4) is 0 Å². The molecule has 1 heterocycles. The molecular formula is C14H20ClN3O2. The van der Waals surface area contributed by atoms with E-state index in [2.05, 4.69) is 10.6 Å². The zero-order valence-corrected chi connectivity index (χ0v) is 12.3. The number of rotatable bonds is 4.